The van der Waals surface area contributed by atoms with Gasteiger partial charge in [0.2, 0.25) is 11.8 Å². The summed E-state index contributed by atoms with van der Waals surface area (Å²) < 4.78 is 5.15. The zero-order valence-electron chi connectivity index (χ0n) is 30.4. The van der Waals surface area contributed by atoms with Crippen LogP contribution in [0.15, 0.2) is 65.7 Å². The number of hydrogen-bond acceptors (Lipinski definition) is 9. The number of piperidine rings is 2. The lowest BCUT2D eigenvalue weighted by Crippen LogP contribution is -2.44. The number of anilines is 1. The van der Waals surface area contributed by atoms with Crippen molar-refractivity contribution in [2.45, 2.75) is 83.2 Å². The molecule has 0 bridgehead atoms. The first-order valence-electron chi connectivity index (χ1n) is 19.0. The van der Waals surface area contributed by atoms with Crippen molar-refractivity contribution in [3.8, 4) is 28.1 Å². The molecule has 1 atom stereocenters. The van der Waals surface area contributed by atoms with Crippen molar-refractivity contribution in [1.82, 2.24) is 39.3 Å². The molecule has 13 nitrogen and oxygen atoms in total. The largest absolute Gasteiger partial charge is 0.507 e. The number of hydrogen-bond donors (Lipinski definition) is 3. The fourth-order valence-corrected chi connectivity index (χ4v) is 7.88. The van der Waals surface area contributed by atoms with Gasteiger partial charge in [0, 0.05) is 42.9 Å². The molecule has 0 radical (unpaired) electrons. The van der Waals surface area contributed by atoms with E-state index in [4.69, 9.17) is 5.73 Å². The molecule has 0 aliphatic carbocycles. The predicted molar refractivity (Wildman–Crippen MR) is 204 cm³/mol. The van der Waals surface area contributed by atoms with Crippen molar-refractivity contribution in [2.24, 2.45) is 13.0 Å². The number of carbonyl (C=O) groups excluding carboxylic acids is 2. The summed E-state index contributed by atoms with van der Waals surface area (Å²) in [5.74, 6) is 0.377. The quantitative estimate of drug-likeness (QED) is 0.103. The maximum Gasteiger partial charge on any atom is 0.329 e. The van der Waals surface area contributed by atoms with Crippen LogP contribution < -0.4 is 16.7 Å². The maximum absolute atomic E-state index is 13.0. The highest BCUT2D eigenvalue weighted by molar-refractivity contribution is 6.00. The van der Waals surface area contributed by atoms with Gasteiger partial charge in [-0.25, -0.2) is 4.79 Å². The molecule has 3 aromatic heterocycles. The molecule has 4 N–H and O–H groups in total. The third-order valence-electron chi connectivity index (χ3n) is 11.0. The molecule has 2 aliphatic heterocycles. The minimum absolute atomic E-state index is 0.151. The summed E-state index contributed by atoms with van der Waals surface area (Å²) in [5.41, 5.74) is 11.5. The molecule has 53 heavy (non-hydrogen) atoms. The number of aromatic hydroxyl groups is 1. The highest BCUT2D eigenvalue weighted by Gasteiger charge is 2.31. The van der Waals surface area contributed by atoms with Crippen molar-refractivity contribution >= 4 is 28.7 Å². The summed E-state index contributed by atoms with van der Waals surface area (Å²) >= 11 is 0. The average molecular weight is 720 g/mol. The number of nitrogens with zero attached hydrogens (tertiary/aromatic N) is 7. The number of rotatable bonds is 14. The molecule has 2 aliphatic rings. The number of benzene rings is 2. The summed E-state index contributed by atoms with van der Waals surface area (Å²) in [7, 11) is 1.74. The zero-order valence-corrected chi connectivity index (χ0v) is 30.4. The molecule has 1 unspecified atom stereocenters. The zero-order chi connectivity index (χ0) is 36.9. The number of phenolic OH excluding ortho intramolecular Hbond substituents is 1. The second-order valence-corrected chi connectivity index (χ2v) is 14.7. The first-order valence-corrected chi connectivity index (χ1v) is 19.0. The third-order valence-corrected chi connectivity index (χ3v) is 11.0. The highest BCUT2D eigenvalue weighted by Crippen LogP contribution is 2.32. The van der Waals surface area contributed by atoms with Crippen LogP contribution >= 0.6 is 0 Å². The number of phenols is 1. The predicted octanol–water partition coefficient (Wildman–Crippen LogP) is 5.22. The van der Waals surface area contributed by atoms with E-state index in [-0.39, 0.29) is 23.8 Å². The van der Waals surface area contributed by atoms with E-state index in [1.54, 1.807) is 23.7 Å². The number of para-hydroxylation sites is 1. The van der Waals surface area contributed by atoms with Gasteiger partial charge in [-0.1, -0.05) is 43.9 Å². The van der Waals surface area contributed by atoms with Gasteiger partial charge in [0.1, 0.15) is 11.8 Å². The van der Waals surface area contributed by atoms with Crippen LogP contribution in [0, 0.1) is 5.92 Å². The number of aryl methyl sites for hydroxylation is 2. The Balaban J connectivity index is 0.792. The Kier molecular flexibility index (Phi) is 11.0. The number of aromatic nitrogens is 6. The minimum Gasteiger partial charge on any atom is -0.507 e. The summed E-state index contributed by atoms with van der Waals surface area (Å²) in [4.78, 5) is 39.7. The number of fused-ring (bicyclic) bond motifs is 1. The molecular formula is C40H49N9O4. The van der Waals surface area contributed by atoms with Crippen LogP contribution in [-0.4, -0.2) is 70.6 Å². The van der Waals surface area contributed by atoms with Gasteiger partial charge in [-0.2, -0.15) is 5.10 Å². The highest BCUT2D eigenvalue weighted by atomic mass is 16.3. The van der Waals surface area contributed by atoms with E-state index in [1.165, 1.54) is 42.2 Å². The molecule has 2 saturated heterocycles. The summed E-state index contributed by atoms with van der Waals surface area (Å²) in [6, 6.07) is 14.3. The normalized spacial score (nSPS) is 17.1. The van der Waals surface area contributed by atoms with Gasteiger partial charge in [-0.15, -0.1) is 10.2 Å². The number of unbranched alkanes of at least 4 members (excludes halogenated alkanes) is 5. The van der Waals surface area contributed by atoms with Crippen LogP contribution in [0.3, 0.4) is 0 Å². The Morgan fingerprint density at radius 2 is 1.66 bits per heavy atom. The van der Waals surface area contributed by atoms with Gasteiger partial charge in [0.15, 0.2) is 5.82 Å². The van der Waals surface area contributed by atoms with Gasteiger partial charge in [-0.3, -0.25) is 28.7 Å². The maximum atomic E-state index is 13.0. The average Bonchev–Trinajstić information content (AvgIpc) is 3.72. The second-order valence-electron chi connectivity index (χ2n) is 14.7. The number of likely N-dealkylation sites (tertiary alicyclic amines) is 1. The molecule has 2 aromatic carbocycles. The fourth-order valence-electron chi connectivity index (χ4n) is 7.88. The van der Waals surface area contributed by atoms with E-state index in [0.29, 0.717) is 29.4 Å². The first-order chi connectivity index (χ1) is 25.7. The molecular weight excluding hydrogens is 670 g/mol. The van der Waals surface area contributed by atoms with Crippen LogP contribution in [-0.2, 0) is 29.6 Å². The van der Waals surface area contributed by atoms with Crippen molar-refractivity contribution in [2.75, 3.05) is 25.4 Å². The third kappa shape index (κ3) is 8.20. The van der Waals surface area contributed by atoms with Crippen molar-refractivity contribution in [3.63, 3.8) is 0 Å². The first kappa shape index (κ1) is 36.1. The van der Waals surface area contributed by atoms with Gasteiger partial charge in [-0.05, 0) is 100.0 Å². The lowest BCUT2D eigenvalue weighted by atomic mass is 9.96. The van der Waals surface area contributed by atoms with Crippen LogP contribution in [0.1, 0.15) is 75.8 Å². The molecule has 7 rings (SSSR count). The van der Waals surface area contributed by atoms with Crippen LogP contribution in [0.4, 0.5) is 5.82 Å². The smallest absolute Gasteiger partial charge is 0.329 e. The van der Waals surface area contributed by atoms with Crippen molar-refractivity contribution < 1.29 is 14.7 Å². The Hall–Kier alpha value is -5.30. The number of nitrogens with two attached hydrogens (primary N) is 1. The van der Waals surface area contributed by atoms with E-state index < -0.39 is 11.9 Å². The SMILES string of the molecule is Cn1c(=O)n(C2CCC(=O)NC2=O)c2ccc(CCCCCCCCN3CCC(Cn4cc(-c5cc(-c6ccccc6O)nnc5N)cn4)CC3)cc21. The van der Waals surface area contributed by atoms with Gasteiger partial charge in [0.05, 0.1) is 22.9 Å². The Labute approximate surface area is 308 Å². The number of imide groups is 1. The molecule has 278 valence electrons. The molecule has 0 spiro atoms. The van der Waals surface area contributed by atoms with Gasteiger partial charge in [0.25, 0.3) is 0 Å². The second kappa shape index (κ2) is 16.2. The monoisotopic (exact) mass is 719 g/mol. The minimum atomic E-state index is -0.657. The Morgan fingerprint density at radius 1 is 0.887 bits per heavy atom. The molecule has 13 heteroatoms. The Bertz CT molecular complexity index is 2140. The number of imidazole rings is 1. The lowest BCUT2D eigenvalue weighted by Gasteiger charge is -2.31. The van der Waals surface area contributed by atoms with Crippen LogP contribution in [0.5, 0.6) is 5.75 Å². The van der Waals surface area contributed by atoms with Gasteiger partial charge < -0.3 is 15.7 Å². The van der Waals surface area contributed by atoms with E-state index >= 15 is 0 Å². The van der Waals surface area contributed by atoms with Crippen molar-refractivity contribution in [3.05, 3.63) is 77.0 Å². The molecule has 0 saturated carbocycles. The fraction of sp³-hybridized carbons (Fsp3) is 0.450. The van der Waals surface area contributed by atoms with Gasteiger partial charge >= 0.3 is 5.69 Å². The van der Waals surface area contributed by atoms with E-state index in [9.17, 15) is 19.5 Å². The van der Waals surface area contributed by atoms with Crippen LogP contribution in [0.2, 0.25) is 0 Å². The van der Waals surface area contributed by atoms with Crippen LogP contribution in [0.25, 0.3) is 33.4 Å². The van der Waals surface area contributed by atoms with Crippen molar-refractivity contribution in [1.29, 1.82) is 0 Å². The molecule has 2 amide bonds. The topological polar surface area (TPSA) is 166 Å². The number of nitrogen functional groups attached to an aromatic ring is 1. The summed E-state index contributed by atoms with van der Waals surface area (Å²) in [6.07, 6.45) is 14.9. The molecule has 2 fully saturated rings. The summed E-state index contributed by atoms with van der Waals surface area (Å²) in [5, 5.41) is 25.6. The molecule has 5 aromatic rings. The van der Waals surface area contributed by atoms with E-state index in [0.717, 1.165) is 74.0 Å². The van der Waals surface area contributed by atoms with E-state index in [2.05, 4.69) is 37.6 Å². The lowest BCUT2D eigenvalue weighted by molar-refractivity contribution is -0.135. The molecule has 5 heterocycles. The Morgan fingerprint density at radius 3 is 2.45 bits per heavy atom. The standard InChI is InChI=1S/C40H49N9O4/c1-46-35-22-27(13-14-33(35)49(40(46)53)34-15-16-37(51)43-39(34)52)10-6-4-2-3-5-9-19-47-20-17-28(18-21-47)25-48-26-29(24-42-48)31-23-32(44-45-38(31)41)30-11-7-8-12-36(30)50/h7-8,11-14,22-24,26,28,34,50H,2-6,9-10,15-21,25H2,1H3,(H2,41,45)(H,43,51,52). The number of amides is 2. The summed E-state index contributed by atoms with van der Waals surface area (Å²) in [6.45, 7) is 4.27. The number of carbonyl (C=O) groups is 2. The number of nitrogens with one attached hydrogen (secondary N) is 1. The van der Waals surface area contributed by atoms with E-state index in [1.807, 2.05) is 41.3 Å².